The van der Waals surface area contributed by atoms with Gasteiger partial charge in [0.1, 0.15) is 0 Å². The Kier molecular flexibility index (Phi) is 6.09. The van der Waals surface area contributed by atoms with Crippen LogP contribution in [0.15, 0.2) is 0 Å². The molecule has 1 amide bonds. The third kappa shape index (κ3) is 3.95. The Morgan fingerprint density at radius 2 is 2.11 bits per heavy atom. The molecule has 0 aromatic heterocycles. The Morgan fingerprint density at radius 1 is 1.44 bits per heavy atom. The Labute approximate surface area is 111 Å². The molecule has 4 atom stereocenters. The molecule has 1 saturated heterocycles. The van der Waals surface area contributed by atoms with E-state index in [4.69, 9.17) is 10.5 Å². The molecule has 4 nitrogen and oxygen atoms in total. The first kappa shape index (κ1) is 15.4. The van der Waals surface area contributed by atoms with Crippen molar-refractivity contribution in [1.29, 1.82) is 0 Å². The summed E-state index contributed by atoms with van der Waals surface area (Å²) < 4.78 is 4.99. The summed E-state index contributed by atoms with van der Waals surface area (Å²) in [5.74, 6) is 1.24. The summed E-state index contributed by atoms with van der Waals surface area (Å²) in [6, 6.07) is -0.0673. The number of amides is 1. The van der Waals surface area contributed by atoms with Crippen molar-refractivity contribution in [2.45, 2.75) is 52.1 Å². The zero-order valence-corrected chi connectivity index (χ0v) is 12.2. The molecule has 1 fully saturated rings. The van der Waals surface area contributed by atoms with Crippen LogP contribution in [0.1, 0.15) is 40.0 Å². The number of hydrogen-bond donors (Lipinski definition) is 1. The molecule has 1 aliphatic heterocycles. The van der Waals surface area contributed by atoms with Crippen LogP contribution in [-0.4, -0.2) is 43.2 Å². The zero-order valence-electron chi connectivity index (χ0n) is 12.2. The van der Waals surface area contributed by atoms with Crippen LogP contribution in [0.2, 0.25) is 0 Å². The molecule has 2 N–H and O–H groups in total. The second kappa shape index (κ2) is 7.10. The van der Waals surface area contributed by atoms with E-state index < -0.39 is 0 Å². The van der Waals surface area contributed by atoms with Gasteiger partial charge >= 0.3 is 0 Å². The third-order valence-electron chi connectivity index (χ3n) is 4.06. The quantitative estimate of drug-likeness (QED) is 0.761. The van der Waals surface area contributed by atoms with E-state index in [0.29, 0.717) is 30.9 Å². The van der Waals surface area contributed by atoms with Crippen molar-refractivity contribution < 1.29 is 9.53 Å². The van der Waals surface area contributed by atoms with Crippen LogP contribution in [0.25, 0.3) is 0 Å². The van der Waals surface area contributed by atoms with E-state index in [2.05, 4.69) is 20.8 Å². The number of carbonyl (C=O) groups excluding carboxylic acids is 1. The Morgan fingerprint density at radius 3 is 2.72 bits per heavy atom. The van der Waals surface area contributed by atoms with E-state index in [1.54, 1.807) is 7.11 Å². The van der Waals surface area contributed by atoms with Gasteiger partial charge in [-0.3, -0.25) is 4.79 Å². The number of likely N-dealkylation sites (tertiary alicyclic amines) is 1. The van der Waals surface area contributed by atoms with Gasteiger partial charge in [-0.05, 0) is 38.0 Å². The first-order valence-electron chi connectivity index (χ1n) is 7.02. The highest BCUT2D eigenvalue weighted by molar-refractivity contribution is 5.82. The van der Waals surface area contributed by atoms with Crippen LogP contribution in [0, 0.1) is 11.8 Å². The lowest BCUT2D eigenvalue weighted by molar-refractivity contribution is -0.138. The number of piperidine rings is 1. The molecule has 1 heterocycles. The molecule has 0 aromatic carbocycles. The minimum Gasteiger partial charge on any atom is -0.385 e. The van der Waals surface area contributed by atoms with Gasteiger partial charge in [0.25, 0.3) is 0 Å². The smallest absolute Gasteiger partial charge is 0.239 e. The molecule has 4 heteroatoms. The minimum atomic E-state index is -0.375. The molecule has 0 aromatic rings. The molecule has 0 radical (unpaired) electrons. The van der Waals surface area contributed by atoms with E-state index in [0.717, 1.165) is 13.0 Å². The van der Waals surface area contributed by atoms with Crippen LogP contribution in [-0.2, 0) is 9.53 Å². The lowest BCUT2D eigenvalue weighted by Gasteiger charge is -2.42. The van der Waals surface area contributed by atoms with Crippen LogP contribution in [0.5, 0.6) is 0 Å². The molecule has 4 unspecified atom stereocenters. The largest absolute Gasteiger partial charge is 0.385 e. The van der Waals surface area contributed by atoms with Crippen molar-refractivity contribution in [2.75, 3.05) is 20.3 Å². The van der Waals surface area contributed by atoms with Crippen molar-refractivity contribution >= 4 is 5.91 Å². The highest BCUT2D eigenvalue weighted by Gasteiger charge is 2.33. The molecule has 0 bridgehead atoms. The number of nitrogens with zero attached hydrogens (tertiary/aromatic N) is 1. The third-order valence-corrected chi connectivity index (χ3v) is 4.06. The summed E-state index contributed by atoms with van der Waals surface area (Å²) in [6.07, 6.45) is 2.75. The number of carbonyl (C=O) groups is 1. The Bertz CT molecular complexity index is 271. The SMILES string of the molecule is COCCCC(N)C(=O)N1CC(C)CC(C)C1C. The van der Waals surface area contributed by atoms with Crippen LogP contribution < -0.4 is 5.73 Å². The van der Waals surface area contributed by atoms with Crippen LogP contribution in [0.3, 0.4) is 0 Å². The number of nitrogens with two attached hydrogens (primary N) is 1. The second-order valence-electron chi connectivity index (χ2n) is 5.79. The standard InChI is InChI=1S/C14H28N2O2/c1-10-8-11(2)12(3)16(9-10)14(17)13(15)6-5-7-18-4/h10-13H,5-9,15H2,1-4H3. The van der Waals surface area contributed by atoms with Crippen molar-refractivity contribution in [3.63, 3.8) is 0 Å². The predicted molar refractivity (Wildman–Crippen MR) is 73.2 cm³/mol. The zero-order chi connectivity index (χ0) is 13.7. The van der Waals surface area contributed by atoms with E-state index in [1.165, 1.54) is 6.42 Å². The van der Waals surface area contributed by atoms with Gasteiger partial charge in [-0.15, -0.1) is 0 Å². The minimum absolute atomic E-state index is 0.108. The lowest BCUT2D eigenvalue weighted by Crippen LogP contribution is -2.54. The average molecular weight is 256 g/mol. The highest BCUT2D eigenvalue weighted by Crippen LogP contribution is 2.27. The van der Waals surface area contributed by atoms with Gasteiger partial charge in [0, 0.05) is 26.3 Å². The number of hydrogen-bond acceptors (Lipinski definition) is 3. The summed E-state index contributed by atoms with van der Waals surface area (Å²) >= 11 is 0. The molecule has 106 valence electrons. The molecular formula is C14H28N2O2. The van der Waals surface area contributed by atoms with E-state index in [9.17, 15) is 4.79 Å². The molecule has 18 heavy (non-hydrogen) atoms. The number of methoxy groups -OCH3 is 1. The monoisotopic (exact) mass is 256 g/mol. The maximum Gasteiger partial charge on any atom is 0.239 e. The first-order valence-corrected chi connectivity index (χ1v) is 7.02. The summed E-state index contributed by atoms with van der Waals surface area (Å²) in [6.45, 7) is 8.08. The highest BCUT2D eigenvalue weighted by atomic mass is 16.5. The molecule has 0 saturated carbocycles. The average Bonchev–Trinajstić information content (AvgIpc) is 2.33. The van der Waals surface area contributed by atoms with Gasteiger partial charge in [0.15, 0.2) is 0 Å². The molecule has 1 rings (SSSR count). The fourth-order valence-corrected chi connectivity index (χ4v) is 2.79. The van der Waals surface area contributed by atoms with Crippen molar-refractivity contribution in [1.82, 2.24) is 4.90 Å². The predicted octanol–water partition coefficient (Wildman–Crippen LogP) is 1.63. The van der Waals surface area contributed by atoms with E-state index in [-0.39, 0.29) is 11.9 Å². The van der Waals surface area contributed by atoms with E-state index in [1.807, 2.05) is 4.90 Å². The van der Waals surface area contributed by atoms with Gasteiger partial charge in [-0.1, -0.05) is 13.8 Å². The number of rotatable bonds is 5. The number of ether oxygens (including phenoxy) is 1. The Balaban J connectivity index is 2.53. The topological polar surface area (TPSA) is 55.6 Å². The van der Waals surface area contributed by atoms with Gasteiger partial charge < -0.3 is 15.4 Å². The second-order valence-corrected chi connectivity index (χ2v) is 5.79. The van der Waals surface area contributed by atoms with Gasteiger partial charge in [-0.25, -0.2) is 0 Å². The first-order chi connectivity index (χ1) is 8.47. The van der Waals surface area contributed by atoms with Gasteiger partial charge in [-0.2, -0.15) is 0 Å². The molecule has 0 aliphatic carbocycles. The summed E-state index contributed by atoms with van der Waals surface area (Å²) in [4.78, 5) is 14.3. The van der Waals surface area contributed by atoms with Crippen molar-refractivity contribution in [2.24, 2.45) is 17.6 Å². The Hall–Kier alpha value is -0.610. The normalized spacial score (nSPS) is 30.3. The summed E-state index contributed by atoms with van der Waals surface area (Å²) in [5.41, 5.74) is 6.00. The fourth-order valence-electron chi connectivity index (χ4n) is 2.79. The maximum absolute atomic E-state index is 12.4. The van der Waals surface area contributed by atoms with Crippen molar-refractivity contribution in [3.05, 3.63) is 0 Å². The lowest BCUT2D eigenvalue weighted by atomic mass is 9.85. The van der Waals surface area contributed by atoms with Crippen LogP contribution in [0.4, 0.5) is 0 Å². The molecule has 1 aliphatic rings. The maximum atomic E-state index is 12.4. The van der Waals surface area contributed by atoms with Crippen LogP contribution >= 0.6 is 0 Å². The fraction of sp³-hybridized carbons (Fsp3) is 0.929. The molecule has 0 spiro atoms. The van der Waals surface area contributed by atoms with Crippen molar-refractivity contribution in [3.8, 4) is 0 Å². The van der Waals surface area contributed by atoms with Gasteiger partial charge in [0.2, 0.25) is 5.91 Å². The molecular weight excluding hydrogens is 228 g/mol. The summed E-state index contributed by atoms with van der Waals surface area (Å²) in [5, 5.41) is 0. The van der Waals surface area contributed by atoms with E-state index >= 15 is 0 Å². The summed E-state index contributed by atoms with van der Waals surface area (Å²) in [7, 11) is 1.67. The van der Waals surface area contributed by atoms with Gasteiger partial charge in [0.05, 0.1) is 6.04 Å².